The Hall–Kier alpha value is -1.74. The third-order valence-electron chi connectivity index (χ3n) is 4.50. The van der Waals surface area contributed by atoms with Crippen LogP contribution in [0.3, 0.4) is 0 Å². The summed E-state index contributed by atoms with van der Waals surface area (Å²) in [6.45, 7) is 2.84. The number of carboxylic acid groups (broad SMARTS) is 1. The maximum absolute atomic E-state index is 15.3. The molecule has 2 aliphatic rings. The van der Waals surface area contributed by atoms with Crippen LogP contribution in [0.1, 0.15) is 22.7 Å². The number of fused-ring (bicyclic) bond motifs is 3. The predicted octanol–water partition coefficient (Wildman–Crippen LogP) is 3.16. The number of hydrogen-bond donors (Lipinski definition) is 1. The summed E-state index contributed by atoms with van der Waals surface area (Å²) in [7, 11) is 0. The lowest BCUT2D eigenvalue weighted by molar-refractivity contribution is 0.0689. The predicted molar refractivity (Wildman–Crippen MR) is 95.2 cm³/mol. The molecule has 1 saturated heterocycles. The van der Waals surface area contributed by atoms with Crippen molar-refractivity contribution in [2.45, 2.75) is 17.3 Å². The highest BCUT2D eigenvalue weighted by atomic mass is 32.2. The molecule has 9 heteroatoms. The normalized spacial score (nSPS) is 19.6. The third-order valence-corrected chi connectivity index (χ3v) is 6.62. The Kier molecular flexibility index (Phi) is 3.95. The Balaban J connectivity index is 2.06. The van der Waals surface area contributed by atoms with Gasteiger partial charge < -0.3 is 14.6 Å². The van der Waals surface area contributed by atoms with Crippen molar-refractivity contribution in [3.8, 4) is 0 Å². The lowest BCUT2D eigenvalue weighted by Crippen LogP contribution is -2.35. The van der Waals surface area contributed by atoms with Crippen LogP contribution < -0.4 is 10.3 Å². The van der Waals surface area contributed by atoms with Crippen molar-refractivity contribution in [2.75, 3.05) is 29.5 Å². The Bertz CT molecular complexity index is 970. The molecule has 5 nitrogen and oxygen atoms in total. The molecule has 0 amide bonds. The minimum absolute atomic E-state index is 0.00845. The highest BCUT2D eigenvalue weighted by molar-refractivity contribution is 8.00. The van der Waals surface area contributed by atoms with Crippen LogP contribution in [0.5, 0.6) is 0 Å². The van der Waals surface area contributed by atoms with Gasteiger partial charge in [-0.15, -0.1) is 0 Å². The summed E-state index contributed by atoms with van der Waals surface area (Å²) in [6.07, 6.45) is 0. The van der Waals surface area contributed by atoms with Gasteiger partial charge in [-0.1, -0.05) is 11.8 Å². The summed E-state index contributed by atoms with van der Waals surface area (Å²) in [6, 6.07) is 0.979. The maximum Gasteiger partial charge on any atom is 0.342 e. The van der Waals surface area contributed by atoms with Crippen LogP contribution >= 0.6 is 23.5 Å². The van der Waals surface area contributed by atoms with Gasteiger partial charge in [0.05, 0.1) is 21.3 Å². The zero-order valence-corrected chi connectivity index (χ0v) is 14.8. The molecule has 3 heterocycles. The Morgan fingerprint density at radius 1 is 1.32 bits per heavy atom. The molecule has 2 aliphatic heterocycles. The quantitative estimate of drug-likeness (QED) is 0.858. The van der Waals surface area contributed by atoms with Gasteiger partial charge in [-0.2, -0.15) is 11.8 Å². The van der Waals surface area contributed by atoms with E-state index in [1.807, 2.05) is 0 Å². The molecular weight excluding hydrogens is 370 g/mol. The van der Waals surface area contributed by atoms with Crippen LogP contribution in [0.4, 0.5) is 14.5 Å². The second kappa shape index (κ2) is 5.91. The Morgan fingerprint density at radius 3 is 2.60 bits per heavy atom. The largest absolute Gasteiger partial charge is 0.477 e. The van der Waals surface area contributed by atoms with Gasteiger partial charge in [0.25, 0.3) is 0 Å². The van der Waals surface area contributed by atoms with E-state index in [2.05, 4.69) is 0 Å². The summed E-state index contributed by atoms with van der Waals surface area (Å²) in [4.78, 5) is 25.6. The van der Waals surface area contributed by atoms with Crippen LogP contribution in [0, 0.1) is 11.6 Å². The Morgan fingerprint density at radius 2 is 2.00 bits per heavy atom. The van der Waals surface area contributed by atoms with Gasteiger partial charge in [-0.25, -0.2) is 13.6 Å². The number of aromatic carboxylic acids is 1. The molecule has 1 aromatic heterocycles. The number of carboxylic acids is 1. The van der Waals surface area contributed by atoms with Gasteiger partial charge in [0.2, 0.25) is 5.43 Å². The zero-order chi connectivity index (χ0) is 17.9. The summed E-state index contributed by atoms with van der Waals surface area (Å²) < 4.78 is 31.4. The lowest BCUT2D eigenvalue weighted by Gasteiger charge is -2.34. The number of carbonyl (C=O) groups is 1. The highest BCUT2D eigenvalue weighted by Gasteiger charge is 2.35. The molecule has 0 spiro atoms. The number of rotatable bonds is 2. The van der Waals surface area contributed by atoms with E-state index >= 15 is 4.39 Å². The van der Waals surface area contributed by atoms with Crippen molar-refractivity contribution in [2.24, 2.45) is 0 Å². The number of nitrogens with zero attached hydrogens (tertiary/aromatic N) is 2. The van der Waals surface area contributed by atoms with E-state index in [1.54, 1.807) is 23.6 Å². The molecule has 1 fully saturated rings. The molecule has 1 atom stereocenters. The van der Waals surface area contributed by atoms with E-state index in [9.17, 15) is 19.1 Å². The third kappa shape index (κ3) is 2.36. The van der Waals surface area contributed by atoms with Gasteiger partial charge in [0.1, 0.15) is 17.1 Å². The molecule has 0 radical (unpaired) electrons. The summed E-state index contributed by atoms with van der Waals surface area (Å²) in [5.74, 6) is -1.44. The minimum Gasteiger partial charge on any atom is -0.477 e. The molecule has 0 saturated carbocycles. The summed E-state index contributed by atoms with van der Waals surface area (Å²) in [5.41, 5.74) is -1.40. The van der Waals surface area contributed by atoms with Crippen LogP contribution in [-0.2, 0) is 0 Å². The number of hydrogen-bond acceptors (Lipinski definition) is 5. The van der Waals surface area contributed by atoms with Crippen molar-refractivity contribution in [3.63, 3.8) is 0 Å². The molecule has 1 aromatic carbocycles. The second-order valence-electron chi connectivity index (χ2n) is 5.92. The average Bonchev–Trinajstić information content (AvgIpc) is 2.56. The maximum atomic E-state index is 15.3. The minimum atomic E-state index is -1.38. The van der Waals surface area contributed by atoms with Gasteiger partial charge >= 0.3 is 5.97 Å². The molecule has 0 bridgehead atoms. The van der Waals surface area contributed by atoms with Crippen molar-refractivity contribution < 1.29 is 18.7 Å². The van der Waals surface area contributed by atoms with Crippen LogP contribution in [0.25, 0.3) is 10.9 Å². The van der Waals surface area contributed by atoms with E-state index in [1.165, 1.54) is 16.3 Å². The smallest absolute Gasteiger partial charge is 0.342 e. The van der Waals surface area contributed by atoms with Gasteiger partial charge in [0.15, 0.2) is 5.82 Å². The number of anilines is 1. The average molecular weight is 384 g/mol. The number of halogens is 2. The SMILES string of the molecule is CC1Sc2c(C(=O)O)c(=O)c3cc(F)c(N4CCSCC4)c(F)c3n21. The first-order valence-corrected chi connectivity index (χ1v) is 9.78. The van der Waals surface area contributed by atoms with Gasteiger partial charge in [-0.3, -0.25) is 4.79 Å². The number of benzene rings is 1. The van der Waals surface area contributed by atoms with Crippen molar-refractivity contribution in [3.05, 3.63) is 33.5 Å². The van der Waals surface area contributed by atoms with E-state index < -0.39 is 28.6 Å². The van der Waals surface area contributed by atoms with E-state index in [0.29, 0.717) is 13.1 Å². The summed E-state index contributed by atoms with van der Waals surface area (Å²) in [5, 5.41) is 9.10. The van der Waals surface area contributed by atoms with Crippen LogP contribution in [-0.4, -0.2) is 40.2 Å². The topological polar surface area (TPSA) is 62.5 Å². The standard InChI is InChI=1S/C16H14F2N2O3S2/c1-7-20-12-8(14(21)10(16(22)23)15(20)25-7)6-9(17)13(11(12)18)19-2-4-24-5-3-19/h6-7H,2-5H2,1H3,(H,22,23). The molecule has 0 aliphatic carbocycles. The first kappa shape index (κ1) is 16.7. The number of thioether (sulfide) groups is 2. The molecule has 1 unspecified atom stereocenters. The first-order chi connectivity index (χ1) is 11.9. The fraction of sp³-hybridized carbons (Fsp3) is 0.375. The Labute approximate surface area is 150 Å². The van der Waals surface area contributed by atoms with E-state index in [4.69, 9.17) is 0 Å². The van der Waals surface area contributed by atoms with Crippen molar-refractivity contribution in [1.82, 2.24) is 4.57 Å². The lowest BCUT2D eigenvalue weighted by atomic mass is 10.1. The fourth-order valence-corrected chi connectivity index (χ4v) is 5.40. The zero-order valence-electron chi connectivity index (χ0n) is 13.2. The molecule has 132 valence electrons. The monoisotopic (exact) mass is 384 g/mol. The van der Waals surface area contributed by atoms with Gasteiger partial charge in [-0.05, 0) is 13.0 Å². The second-order valence-corrected chi connectivity index (χ2v) is 8.45. The molecule has 4 rings (SSSR count). The van der Waals surface area contributed by atoms with Crippen molar-refractivity contribution in [1.29, 1.82) is 0 Å². The number of pyridine rings is 1. The first-order valence-electron chi connectivity index (χ1n) is 7.74. The number of aromatic nitrogens is 1. The fourth-order valence-electron chi connectivity index (χ4n) is 3.35. The van der Waals surface area contributed by atoms with Crippen LogP contribution in [0.15, 0.2) is 15.9 Å². The van der Waals surface area contributed by atoms with E-state index in [0.717, 1.165) is 17.6 Å². The van der Waals surface area contributed by atoms with Crippen LogP contribution in [0.2, 0.25) is 0 Å². The van der Waals surface area contributed by atoms with Gasteiger partial charge in [0, 0.05) is 24.6 Å². The highest BCUT2D eigenvalue weighted by Crippen LogP contribution is 2.47. The van der Waals surface area contributed by atoms with Crippen molar-refractivity contribution >= 4 is 46.1 Å². The molecule has 25 heavy (non-hydrogen) atoms. The molecule has 2 aromatic rings. The molecular formula is C16H14F2N2O3S2. The summed E-state index contributed by atoms with van der Waals surface area (Å²) >= 11 is 2.92. The van der Waals surface area contributed by atoms with E-state index in [-0.39, 0.29) is 27.0 Å². The molecule has 1 N–H and O–H groups in total.